The van der Waals surface area contributed by atoms with Gasteiger partial charge in [0.1, 0.15) is 0 Å². The highest BCUT2D eigenvalue weighted by atomic mass is 79.9. The van der Waals surface area contributed by atoms with Gasteiger partial charge in [0, 0.05) is 16.4 Å². The van der Waals surface area contributed by atoms with Crippen LogP contribution < -0.4 is 0 Å². The second-order valence-corrected chi connectivity index (χ2v) is 4.96. The van der Waals surface area contributed by atoms with Crippen molar-refractivity contribution in [3.8, 4) is 11.1 Å². The molecule has 0 saturated carbocycles. The van der Waals surface area contributed by atoms with Gasteiger partial charge in [0.15, 0.2) is 0 Å². The van der Waals surface area contributed by atoms with Crippen molar-refractivity contribution in [3.63, 3.8) is 0 Å². The van der Waals surface area contributed by atoms with Crippen LogP contribution in [0.1, 0.15) is 11.3 Å². The minimum absolute atomic E-state index is 0.728. The third kappa shape index (κ3) is 2.13. The molecule has 0 amide bonds. The molecule has 1 heterocycles. The summed E-state index contributed by atoms with van der Waals surface area (Å²) in [4.78, 5) is 4.26. The van der Waals surface area contributed by atoms with Gasteiger partial charge in [0.25, 0.3) is 0 Å². The van der Waals surface area contributed by atoms with E-state index in [1.807, 2.05) is 31.3 Å². The molecule has 82 valence electrons. The van der Waals surface area contributed by atoms with E-state index in [1.54, 1.807) is 0 Å². The van der Waals surface area contributed by atoms with Crippen LogP contribution in [0.15, 0.2) is 34.9 Å². The SMILES string of the molecule is Cc1nccc(-c2ccc(Br)c(Cl)c2)c1C. The van der Waals surface area contributed by atoms with Crippen molar-refractivity contribution in [1.29, 1.82) is 0 Å². The van der Waals surface area contributed by atoms with Gasteiger partial charge >= 0.3 is 0 Å². The van der Waals surface area contributed by atoms with Gasteiger partial charge in [0.05, 0.1) is 5.02 Å². The molecule has 0 aliphatic carbocycles. The molecule has 1 aromatic carbocycles. The van der Waals surface area contributed by atoms with E-state index in [2.05, 4.69) is 33.9 Å². The van der Waals surface area contributed by atoms with Crippen LogP contribution in [0.5, 0.6) is 0 Å². The van der Waals surface area contributed by atoms with E-state index in [9.17, 15) is 0 Å². The van der Waals surface area contributed by atoms with E-state index < -0.39 is 0 Å². The molecule has 0 N–H and O–H groups in total. The smallest absolute Gasteiger partial charge is 0.0554 e. The van der Waals surface area contributed by atoms with Crippen LogP contribution in [0.3, 0.4) is 0 Å². The third-order valence-corrected chi connectivity index (χ3v) is 3.92. The van der Waals surface area contributed by atoms with Crippen LogP contribution >= 0.6 is 27.5 Å². The molecule has 0 radical (unpaired) electrons. The summed E-state index contributed by atoms with van der Waals surface area (Å²) in [5.41, 5.74) is 4.55. The molecule has 0 spiro atoms. The number of rotatable bonds is 1. The summed E-state index contributed by atoms with van der Waals surface area (Å²) in [5, 5.41) is 0.728. The molecule has 16 heavy (non-hydrogen) atoms. The number of pyridine rings is 1. The van der Waals surface area contributed by atoms with Crippen molar-refractivity contribution in [1.82, 2.24) is 4.98 Å². The Hall–Kier alpha value is -0.860. The molecule has 2 rings (SSSR count). The lowest BCUT2D eigenvalue weighted by atomic mass is 10.0. The Bertz CT molecular complexity index is 537. The van der Waals surface area contributed by atoms with Crippen LogP contribution in [0.2, 0.25) is 5.02 Å². The maximum atomic E-state index is 6.09. The summed E-state index contributed by atoms with van der Waals surface area (Å²) >= 11 is 9.48. The fourth-order valence-electron chi connectivity index (χ4n) is 1.62. The fourth-order valence-corrected chi connectivity index (χ4v) is 2.04. The van der Waals surface area contributed by atoms with Crippen LogP contribution in [0, 0.1) is 13.8 Å². The van der Waals surface area contributed by atoms with Crippen LogP contribution in [-0.4, -0.2) is 4.98 Å². The number of hydrogen-bond donors (Lipinski definition) is 0. The van der Waals surface area contributed by atoms with Crippen molar-refractivity contribution in [2.24, 2.45) is 0 Å². The maximum absolute atomic E-state index is 6.09. The molecular weight excluding hydrogens is 286 g/mol. The molecule has 2 aromatic rings. The first kappa shape index (κ1) is 11.6. The zero-order valence-corrected chi connectivity index (χ0v) is 11.4. The van der Waals surface area contributed by atoms with Crippen molar-refractivity contribution in [2.45, 2.75) is 13.8 Å². The lowest BCUT2D eigenvalue weighted by Crippen LogP contribution is -1.90. The Labute approximate surface area is 109 Å². The highest BCUT2D eigenvalue weighted by molar-refractivity contribution is 9.10. The molecular formula is C13H11BrClN. The van der Waals surface area contributed by atoms with Crippen molar-refractivity contribution in [3.05, 3.63) is 51.2 Å². The lowest BCUT2D eigenvalue weighted by molar-refractivity contribution is 1.15. The Balaban J connectivity index is 2.59. The fraction of sp³-hybridized carbons (Fsp3) is 0.154. The van der Waals surface area contributed by atoms with E-state index in [0.29, 0.717) is 0 Å². The predicted molar refractivity (Wildman–Crippen MR) is 71.9 cm³/mol. The van der Waals surface area contributed by atoms with Gasteiger partial charge in [-0.1, -0.05) is 17.7 Å². The third-order valence-electron chi connectivity index (χ3n) is 2.69. The highest BCUT2D eigenvalue weighted by Gasteiger charge is 2.06. The first-order valence-electron chi connectivity index (χ1n) is 4.97. The standard InChI is InChI=1S/C13H11BrClN/c1-8-9(2)16-6-5-11(8)10-3-4-12(14)13(15)7-10/h3-7H,1-2H3. The molecule has 0 atom stereocenters. The topological polar surface area (TPSA) is 12.9 Å². The molecule has 1 nitrogen and oxygen atoms in total. The van der Waals surface area contributed by atoms with E-state index in [-0.39, 0.29) is 0 Å². The minimum atomic E-state index is 0.728. The number of benzene rings is 1. The number of halogens is 2. The maximum Gasteiger partial charge on any atom is 0.0554 e. The number of hydrogen-bond acceptors (Lipinski definition) is 1. The monoisotopic (exact) mass is 295 g/mol. The Morgan fingerprint density at radius 1 is 1.19 bits per heavy atom. The molecule has 0 aliphatic heterocycles. The van der Waals surface area contributed by atoms with E-state index >= 15 is 0 Å². The molecule has 0 fully saturated rings. The Morgan fingerprint density at radius 2 is 1.94 bits per heavy atom. The summed E-state index contributed by atoms with van der Waals surface area (Å²) < 4.78 is 0.918. The van der Waals surface area contributed by atoms with Gasteiger partial charge in [-0.05, 0) is 64.7 Å². The second-order valence-electron chi connectivity index (χ2n) is 3.70. The van der Waals surface area contributed by atoms with Gasteiger partial charge in [-0.3, -0.25) is 4.98 Å². The minimum Gasteiger partial charge on any atom is -0.261 e. The highest BCUT2D eigenvalue weighted by Crippen LogP contribution is 2.30. The van der Waals surface area contributed by atoms with Crippen molar-refractivity contribution >= 4 is 27.5 Å². The first-order valence-corrected chi connectivity index (χ1v) is 6.14. The number of aromatic nitrogens is 1. The van der Waals surface area contributed by atoms with Crippen LogP contribution in [0.4, 0.5) is 0 Å². The summed E-state index contributed by atoms with van der Waals surface area (Å²) in [5.74, 6) is 0. The summed E-state index contributed by atoms with van der Waals surface area (Å²) in [6, 6.07) is 8.00. The summed E-state index contributed by atoms with van der Waals surface area (Å²) in [6.45, 7) is 4.09. The van der Waals surface area contributed by atoms with Gasteiger partial charge in [0.2, 0.25) is 0 Å². The second kappa shape index (κ2) is 4.56. The van der Waals surface area contributed by atoms with E-state index in [1.165, 1.54) is 11.1 Å². The van der Waals surface area contributed by atoms with Gasteiger partial charge in [-0.15, -0.1) is 0 Å². The largest absolute Gasteiger partial charge is 0.261 e. The quantitative estimate of drug-likeness (QED) is 0.738. The van der Waals surface area contributed by atoms with Crippen molar-refractivity contribution in [2.75, 3.05) is 0 Å². The van der Waals surface area contributed by atoms with Crippen LogP contribution in [-0.2, 0) is 0 Å². The van der Waals surface area contributed by atoms with Gasteiger partial charge in [-0.2, -0.15) is 0 Å². The van der Waals surface area contributed by atoms with E-state index in [4.69, 9.17) is 11.6 Å². The summed E-state index contributed by atoms with van der Waals surface area (Å²) in [6.07, 6.45) is 1.83. The molecule has 1 aromatic heterocycles. The first-order chi connectivity index (χ1) is 7.59. The predicted octanol–water partition coefficient (Wildman–Crippen LogP) is 4.78. The molecule has 0 unspecified atom stereocenters. The zero-order chi connectivity index (χ0) is 11.7. The number of aryl methyl sites for hydroxylation is 1. The van der Waals surface area contributed by atoms with Gasteiger partial charge in [-0.25, -0.2) is 0 Å². The van der Waals surface area contributed by atoms with Crippen LogP contribution in [0.25, 0.3) is 11.1 Å². The molecule has 3 heteroatoms. The normalized spacial score (nSPS) is 10.5. The molecule has 0 bridgehead atoms. The van der Waals surface area contributed by atoms with Crippen molar-refractivity contribution < 1.29 is 0 Å². The van der Waals surface area contributed by atoms with Gasteiger partial charge < -0.3 is 0 Å². The molecule has 0 aliphatic rings. The Morgan fingerprint density at radius 3 is 2.62 bits per heavy atom. The molecule has 0 saturated heterocycles. The lowest BCUT2D eigenvalue weighted by Gasteiger charge is -2.08. The average Bonchev–Trinajstić information content (AvgIpc) is 2.26. The Kier molecular flexibility index (Phi) is 3.31. The van der Waals surface area contributed by atoms with E-state index in [0.717, 1.165) is 20.8 Å². The number of nitrogens with zero attached hydrogens (tertiary/aromatic N) is 1. The average molecular weight is 297 g/mol. The zero-order valence-electron chi connectivity index (χ0n) is 9.09. The summed E-state index contributed by atoms with van der Waals surface area (Å²) in [7, 11) is 0.